The van der Waals surface area contributed by atoms with Crippen LogP contribution in [0.3, 0.4) is 0 Å². The first-order valence-corrected chi connectivity index (χ1v) is 6.17. The van der Waals surface area contributed by atoms with E-state index < -0.39 is 29.9 Å². The zero-order valence-corrected chi connectivity index (χ0v) is 11.8. The highest BCUT2D eigenvalue weighted by Gasteiger charge is 2.53. The summed E-state index contributed by atoms with van der Waals surface area (Å²) in [6.45, 7) is 8.85. The van der Waals surface area contributed by atoms with Crippen molar-refractivity contribution in [2.45, 2.75) is 45.8 Å². The molecule has 1 aromatic heterocycles. The molecule has 2 heterocycles. The zero-order chi connectivity index (χ0) is 14.4. The van der Waals surface area contributed by atoms with Crippen molar-refractivity contribution in [3.63, 3.8) is 0 Å². The standard InChI is InChI=1S/C13H17BFNO3/c1-8(17)10-9(15)6-7-16-11(10)14-18-12(2,3)13(4,5)19-14/h6-7H,1-5H3. The molecule has 0 atom stereocenters. The summed E-state index contributed by atoms with van der Waals surface area (Å²) in [5.41, 5.74) is -0.980. The molecule has 1 aliphatic heterocycles. The fraction of sp³-hybridized carbons (Fsp3) is 0.538. The van der Waals surface area contributed by atoms with E-state index in [4.69, 9.17) is 9.31 Å². The first-order valence-electron chi connectivity index (χ1n) is 6.17. The van der Waals surface area contributed by atoms with Gasteiger partial charge in [0.05, 0.1) is 22.4 Å². The van der Waals surface area contributed by atoms with E-state index in [2.05, 4.69) is 4.98 Å². The molecule has 1 saturated heterocycles. The van der Waals surface area contributed by atoms with Gasteiger partial charge in [0.25, 0.3) is 0 Å². The number of pyridine rings is 1. The van der Waals surface area contributed by atoms with Gasteiger partial charge in [0.1, 0.15) is 5.82 Å². The van der Waals surface area contributed by atoms with E-state index in [1.807, 2.05) is 27.7 Å². The quantitative estimate of drug-likeness (QED) is 0.603. The summed E-state index contributed by atoms with van der Waals surface area (Å²) in [6.07, 6.45) is 1.31. The summed E-state index contributed by atoms with van der Waals surface area (Å²) in [5, 5.41) is 0. The van der Waals surface area contributed by atoms with Gasteiger partial charge >= 0.3 is 7.12 Å². The summed E-state index contributed by atoms with van der Waals surface area (Å²) >= 11 is 0. The Morgan fingerprint density at radius 1 is 1.26 bits per heavy atom. The van der Waals surface area contributed by atoms with Gasteiger partial charge in [-0.3, -0.25) is 9.78 Å². The summed E-state index contributed by atoms with van der Waals surface area (Å²) in [5.74, 6) is -0.998. The normalized spacial score (nSPS) is 20.6. The van der Waals surface area contributed by atoms with E-state index in [-0.39, 0.29) is 11.2 Å². The summed E-state index contributed by atoms with van der Waals surface area (Å²) < 4.78 is 25.4. The number of aromatic nitrogens is 1. The van der Waals surface area contributed by atoms with E-state index in [9.17, 15) is 9.18 Å². The largest absolute Gasteiger partial charge is 0.515 e. The summed E-state index contributed by atoms with van der Waals surface area (Å²) in [6, 6.07) is 1.16. The molecular formula is C13H17BFNO3. The van der Waals surface area contributed by atoms with Crippen LogP contribution < -0.4 is 5.59 Å². The van der Waals surface area contributed by atoms with E-state index in [1.54, 1.807) is 0 Å². The van der Waals surface area contributed by atoms with Crippen LogP contribution in [-0.4, -0.2) is 29.1 Å². The van der Waals surface area contributed by atoms with Crippen LogP contribution in [0.5, 0.6) is 0 Å². The third kappa shape index (κ3) is 2.30. The summed E-state index contributed by atoms with van der Waals surface area (Å²) in [4.78, 5) is 15.6. The third-order valence-corrected chi connectivity index (χ3v) is 3.76. The molecule has 1 aromatic rings. The monoisotopic (exact) mass is 265 g/mol. The van der Waals surface area contributed by atoms with Gasteiger partial charge in [0.15, 0.2) is 5.78 Å². The van der Waals surface area contributed by atoms with Crippen LogP contribution >= 0.6 is 0 Å². The Balaban J connectivity index is 2.46. The molecule has 6 heteroatoms. The number of ketones is 1. The molecule has 4 nitrogen and oxygen atoms in total. The van der Waals surface area contributed by atoms with Crippen LogP contribution in [-0.2, 0) is 9.31 Å². The highest BCUT2D eigenvalue weighted by Crippen LogP contribution is 2.36. The fourth-order valence-corrected chi connectivity index (χ4v) is 1.94. The molecule has 0 amide bonds. The van der Waals surface area contributed by atoms with Gasteiger partial charge in [-0.25, -0.2) is 4.39 Å². The molecule has 102 valence electrons. The predicted molar refractivity (Wildman–Crippen MR) is 69.9 cm³/mol. The fourth-order valence-electron chi connectivity index (χ4n) is 1.94. The molecule has 0 bridgehead atoms. The summed E-state index contributed by atoms with van der Waals surface area (Å²) in [7, 11) is -0.834. The molecule has 0 spiro atoms. The second-order valence-corrected chi connectivity index (χ2v) is 5.70. The van der Waals surface area contributed by atoms with Crippen LogP contribution in [0.15, 0.2) is 12.3 Å². The van der Waals surface area contributed by atoms with Crippen LogP contribution in [0.2, 0.25) is 0 Å². The lowest BCUT2D eigenvalue weighted by Gasteiger charge is -2.32. The minimum atomic E-state index is -0.834. The number of Topliss-reactive ketones (excluding diaryl/α,β-unsaturated/α-hetero) is 1. The Bertz CT molecular complexity index is 515. The lowest BCUT2D eigenvalue weighted by molar-refractivity contribution is 0.00578. The second kappa shape index (κ2) is 4.39. The molecule has 0 N–H and O–H groups in total. The Labute approximate surface area is 112 Å². The van der Waals surface area contributed by atoms with E-state index in [0.29, 0.717) is 0 Å². The predicted octanol–water partition coefficient (Wildman–Crippen LogP) is 1.72. The van der Waals surface area contributed by atoms with E-state index in [0.717, 1.165) is 6.07 Å². The molecule has 2 rings (SSSR count). The zero-order valence-electron chi connectivity index (χ0n) is 11.8. The molecule has 0 aromatic carbocycles. The van der Waals surface area contributed by atoms with Crippen LogP contribution in [0, 0.1) is 5.82 Å². The minimum absolute atomic E-state index is 0.0685. The molecule has 19 heavy (non-hydrogen) atoms. The average molecular weight is 265 g/mol. The molecule has 1 fully saturated rings. The van der Waals surface area contributed by atoms with Crippen LogP contribution in [0.1, 0.15) is 45.0 Å². The van der Waals surface area contributed by atoms with Crippen molar-refractivity contribution in [3.8, 4) is 0 Å². The van der Waals surface area contributed by atoms with Crippen LogP contribution in [0.25, 0.3) is 0 Å². The lowest BCUT2D eigenvalue weighted by atomic mass is 9.80. The van der Waals surface area contributed by atoms with Gasteiger partial charge in [0.2, 0.25) is 0 Å². The topological polar surface area (TPSA) is 48.4 Å². The number of halogens is 1. The van der Waals surface area contributed by atoms with Gasteiger partial charge in [-0.05, 0) is 40.7 Å². The Kier molecular flexibility index (Phi) is 3.27. The van der Waals surface area contributed by atoms with Crippen molar-refractivity contribution in [3.05, 3.63) is 23.6 Å². The number of nitrogens with zero attached hydrogens (tertiary/aromatic N) is 1. The molecular weight excluding hydrogens is 248 g/mol. The van der Waals surface area contributed by atoms with Crippen molar-refractivity contribution < 1.29 is 18.5 Å². The highest BCUT2D eigenvalue weighted by atomic mass is 19.1. The maximum Gasteiger partial charge on any atom is 0.515 e. The molecule has 0 aliphatic carbocycles. The Morgan fingerprint density at radius 3 is 2.26 bits per heavy atom. The molecule has 0 saturated carbocycles. The average Bonchev–Trinajstić information content (AvgIpc) is 2.47. The first kappa shape index (κ1) is 14.2. The molecule has 0 radical (unpaired) electrons. The van der Waals surface area contributed by atoms with E-state index in [1.165, 1.54) is 13.1 Å². The number of rotatable bonds is 2. The maximum atomic E-state index is 13.8. The van der Waals surface area contributed by atoms with Gasteiger partial charge in [-0.2, -0.15) is 0 Å². The van der Waals surface area contributed by atoms with Crippen molar-refractivity contribution in [1.29, 1.82) is 0 Å². The van der Waals surface area contributed by atoms with Crippen LogP contribution in [0.4, 0.5) is 4.39 Å². The van der Waals surface area contributed by atoms with Gasteiger partial charge < -0.3 is 9.31 Å². The number of carbonyl (C=O) groups excluding carboxylic acids is 1. The van der Waals surface area contributed by atoms with Gasteiger partial charge in [0, 0.05) is 6.20 Å². The second-order valence-electron chi connectivity index (χ2n) is 5.70. The number of hydrogen-bond donors (Lipinski definition) is 0. The minimum Gasteiger partial charge on any atom is -0.398 e. The Morgan fingerprint density at radius 2 is 1.79 bits per heavy atom. The smallest absolute Gasteiger partial charge is 0.398 e. The lowest BCUT2D eigenvalue weighted by Crippen LogP contribution is -2.41. The molecule has 0 unspecified atom stereocenters. The number of hydrogen-bond acceptors (Lipinski definition) is 4. The molecule has 1 aliphatic rings. The SMILES string of the molecule is CC(=O)c1c(F)ccnc1B1OC(C)(C)C(C)(C)O1. The Hall–Kier alpha value is -1.27. The maximum absolute atomic E-state index is 13.8. The number of carbonyl (C=O) groups is 1. The highest BCUT2D eigenvalue weighted by molar-refractivity contribution is 6.62. The third-order valence-electron chi connectivity index (χ3n) is 3.76. The van der Waals surface area contributed by atoms with Gasteiger partial charge in [-0.1, -0.05) is 0 Å². The van der Waals surface area contributed by atoms with E-state index >= 15 is 0 Å². The van der Waals surface area contributed by atoms with Gasteiger partial charge in [-0.15, -0.1) is 0 Å². The van der Waals surface area contributed by atoms with Crippen molar-refractivity contribution in [1.82, 2.24) is 4.98 Å². The van der Waals surface area contributed by atoms with Crippen molar-refractivity contribution in [2.75, 3.05) is 0 Å². The van der Waals surface area contributed by atoms with Crippen molar-refractivity contribution in [2.24, 2.45) is 0 Å². The first-order chi connectivity index (χ1) is 8.66. The van der Waals surface area contributed by atoms with Crippen molar-refractivity contribution >= 4 is 18.5 Å².